The average Bonchev–Trinajstić information content (AvgIpc) is 3.01. The quantitative estimate of drug-likeness (QED) is 0.495. The summed E-state index contributed by atoms with van der Waals surface area (Å²) in [4.78, 5) is 23.5. The van der Waals surface area contributed by atoms with Gasteiger partial charge in [-0.1, -0.05) is 6.07 Å². The molecule has 0 saturated carbocycles. The van der Waals surface area contributed by atoms with Gasteiger partial charge in [0, 0.05) is 17.7 Å². The minimum atomic E-state index is -0.564. The zero-order chi connectivity index (χ0) is 21.1. The molecule has 3 rings (SSSR count). The molecular formula is C21H22N4O4. The van der Waals surface area contributed by atoms with Crippen LogP contribution in [0.1, 0.15) is 34.1 Å². The molecule has 0 spiro atoms. The molecule has 1 N–H and O–H groups in total. The number of ether oxygens (including phenoxy) is 1. The van der Waals surface area contributed by atoms with Crippen LogP contribution in [0, 0.1) is 30.9 Å². The second kappa shape index (κ2) is 8.14. The maximum Gasteiger partial charge on any atom is 0.311 e. The molecule has 1 amide bonds. The number of benzene rings is 2. The number of anilines is 1. The molecule has 150 valence electrons. The van der Waals surface area contributed by atoms with Gasteiger partial charge < -0.3 is 10.1 Å². The van der Waals surface area contributed by atoms with Crippen LogP contribution in [0.3, 0.4) is 0 Å². The van der Waals surface area contributed by atoms with Crippen LogP contribution in [0.2, 0.25) is 0 Å². The summed E-state index contributed by atoms with van der Waals surface area (Å²) < 4.78 is 6.92. The minimum absolute atomic E-state index is 0.130. The lowest BCUT2D eigenvalue weighted by Crippen LogP contribution is -2.15. The first-order chi connectivity index (χ1) is 13.8. The Labute approximate surface area is 168 Å². The Hall–Kier alpha value is -3.68. The van der Waals surface area contributed by atoms with E-state index in [1.807, 2.05) is 32.9 Å². The summed E-state index contributed by atoms with van der Waals surface area (Å²) in [7, 11) is 0. The van der Waals surface area contributed by atoms with Crippen LogP contribution in [0.5, 0.6) is 5.75 Å². The number of nitrogens with zero attached hydrogens (tertiary/aromatic N) is 3. The van der Waals surface area contributed by atoms with Gasteiger partial charge in [0.15, 0.2) is 5.75 Å². The normalized spacial score (nSPS) is 10.6. The second-order valence-electron chi connectivity index (χ2n) is 6.76. The van der Waals surface area contributed by atoms with Crippen LogP contribution in [0.15, 0.2) is 42.5 Å². The topological polar surface area (TPSA) is 99.3 Å². The Morgan fingerprint density at radius 3 is 2.45 bits per heavy atom. The van der Waals surface area contributed by atoms with Gasteiger partial charge in [0.25, 0.3) is 5.91 Å². The molecular weight excluding hydrogens is 372 g/mol. The number of nitro benzene ring substituents is 1. The summed E-state index contributed by atoms with van der Waals surface area (Å²) in [5.74, 6) is 0.140. The highest BCUT2D eigenvalue weighted by molar-refractivity contribution is 6.04. The van der Waals surface area contributed by atoms with E-state index in [0.717, 1.165) is 22.5 Å². The smallest absolute Gasteiger partial charge is 0.311 e. The van der Waals surface area contributed by atoms with Gasteiger partial charge in [-0.15, -0.1) is 0 Å². The fraction of sp³-hybridized carbons (Fsp3) is 0.238. The minimum Gasteiger partial charge on any atom is -0.487 e. The second-order valence-corrected chi connectivity index (χ2v) is 6.76. The van der Waals surface area contributed by atoms with Crippen molar-refractivity contribution >= 4 is 17.4 Å². The van der Waals surface area contributed by atoms with Gasteiger partial charge in [0.1, 0.15) is 5.82 Å². The van der Waals surface area contributed by atoms with Gasteiger partial charge in [-0.05, 0) is 63.1 Å². The highest BCUT2D eigenvalue weighted by Crippen LogP contribution is 2.28. The van der Waals surface area contributed by atoms with Gasteiger partial charge >= 0.3 is 5.69 Å². The van der Waals surface area contributed by atoms with Crippen LogP contribution in [0.4, 0.5) is 11.5 Å². The number of carbonyl (C=O) groups is 1. The highest BCUT2D eigenvalue weighted by Gasteiger charge is 2.20. The lowest BCUT2D eigenvalue weighted by Gasteiger charge is -2.11. The molecule has 0 aliphatic rings. The van der Waals surface area contributed by atoms with E-state index >= 15 is 0 Å². The number of rotatable bonds is 6. The summed E-state index contributed by atoms with van der Waals surface area (Å²) in [6.45, 7) is 7.84. The van der Waals surface area contributed by atoms with Crippen LogP contribution < -0.4 is 10.1 Å². The van der Waals surface area contributed by atoms with E-state index in [9.17, 15) is 14.9 Å². The van der Waals surface area contributed by atoms with Gasteiger partial charge in [0.2, 0.25) is 0 Å². The van der Waals surface area contributed by atoms with E-state index in [2.05, 4.69) is 16.5 Å². The van der Waals surface area contributed by atoms with Crippen LogP contribution >= 0.6 is 0 Å². The number of aromatic nitrogens is 2. The number of hydrogen-bond acceptors (Lipinski definition) is 5. The molecule has 1 aromatic heterocycles. The summed E-state index contributed by atoms with van der Waals surface area (Å²) in [5.41, 5.74) is 3.62. The van der Waals surface area contributed by atoms with Gasteiger partial charge in [-0.3, -0.25) is 14.9 Å². The number of nitro groups is 1. The molecule has 0 saturated heterocycles. The molecule has 8 nitrogen and oxygen atoms in total. The van der Waals surface area contributed by atoms with Crippen molar-refractivity contribution in [2.45, 2.75) is 27.7 Å². The number of carbonyl (C=O) groups excluding carboxylic acids is 1. The van der Waals surface area contributed by atoms with Gasteiger partial charge in [-0.2, -0.15) is 5.10 Å². The molecule has 0 aliphatic heterocycles. The van der Waals surface area contributed by atoms with Crippen molar-refractivity contribution in [1.29, 1.82) is 0 Å². The first-order valence-corrected chi connectivity index (χ1v) is 9.16. The standard InChI is InChI=1S/C21H22N4O4/c1-5-29-19-7-6-16(12-18(19)25(27)28)21(26)22-20-11-15(4)23-24(20)17-9-13(2)8-14(3)10-17/h6-12H,5H2,1-4H3,(H,22,26). The summed E-state index contributed by atoms with van der Waals surface area (Å²) >= 11 is 0. The van der Waals surface area contributed by atoms with Gasteiger partial charge in [-0.25, -0.2) is 4.68 Å². The molecule has 3 aromatic rings. The van der Waals surface area contributed by atoms with Crippen molar-refractivity contribution in [2.24, 2.45) is 0 Å². The average molecular weight is 394 g/mol. The number of aryl methyl sites for hydroxylation is 3. The Morgan fingerprint density at radius 2 is 1.83 bits per heavy atom. The molecule has 0 aliphatic carbocycles. The molecule has 0 unspecified atom stereocenters. The Morgan fingerprint density at radius 1 is 1.14 bits per heavy atom. The fourth-order valence-corrected chi connectivity index (χ4v) is 3.13. The SMILES string of the molecule is CCOc1ccc(C(=O)Nc2cc(C)nn2-c2cc(C)cc(C)c2)cc1[N+](=O)[O-]. The molecule has 0 bridgehead atoms. The number of nitrogens with one attached hydrogen (secondary N) is 1. The number of hydrogen-bond donors (Lipinski definition) is 1. The fourth-order valence-electron chi connectivity index (χ4n) is 3.13. The zero-order valence-electron chi connectivity index (χ0n) is 16.7. The maximum absolute atomic E-state index is 12.8. The summed E-state index contributed by atoms with van der Waals surface area (Å²) in [5, 5.41) is 18.6. The largest absolute Gasteiger partial charge is 0.487 e. The van der Waals surface area contributed by atoms with E-state index in [4.69, 9.17) is 4.74 Å². The summed E-state index contributed by atoms with van der Waals surface area (Å²) in [6.07, 6.45) is 0. The van der Waals surface area contributed by atoms with E-state index in [0.29, 0.717) is 12.4 Å². The van der Waals surface area contributed by atoms with Crippen molar-refractivity contribution in [3.63, 3.8) is 0 Å². The molecule has 1 heterocycles. The number of amides is 1. The zero-order valence-corrected chi connectivity index (χ0v) is 16.7. The van der Waals surface area contributed by atoms with Crippen molar-refractivity contribution < 1.29 is 14.5 Å². The molecule has 8 heteroatoms. The van der Waals surface area contributed by atoms with E-state index in [-0.39, 0.29) is 17.0 Å². The van der Waals surface area contributed by atoms with Crippen LogP contribution in [0.25, 0.3) is 5.69 Å². The first kappa shape index (κ1) is 20.1. The van der Waals surface area contributed by atoms with Crippen LogP contribution in [-0.2, 0) is 0 Å². The van der Waals surface area contributed by atoms with Crippen molar-refractivity contribution in [1.82, 2.24) is 9.78 Å². The van der Waals surface area contributed by atoms with E-state index in [1.165, 1.54) is 18.2 Å². The van der Waals surface area contributed by atoms with Crippen LogP contribution in [-0.4, -0.2) is 27.2 Å². The Kier molecular flexibility index (Phi) is 5.63. The maximum atomic E-state index is 12.8. The molecule has 0 atom stereocenters. The van der Waals surface area contributed by atoms with Crippen molar-refractivity contribution in [2.75, 3.05) is 11.9 Å². The lowest BCUT2D eigenvalue weighted by molar-refractivity contribution is -0.385. The summed E-state index contributed by atoms with van der Waals surface area (Å²) in [6, 6.07) is 11.9. The third-order valence-corrected chi connectivity index (χ3v) is 4.24. The van der Waals surface area contributed by atoms with Crippen molar-refractivity contribution in [3.05, 3.63) is 75.0 Å². The Balaban J connectivity index is 1.94. The molecule has 2 aromatic carbocycles. The van der Waals surface area contributed by atoms with E-state index < -0.39 is 10.8 Å². The van der Waals surface area contributed by atoms with E-state index in [1.54, 1.807) is 17.7 Å². The predicted molar refractivity (Wildman–Crippen MR) is 110 cm³/mol. The first-order valence-electron chi connectivity index (χ1n) is 9.16. The third-order valence-electron chi connectivity index (χ3n) is 4.24. The Bertz CT molecular complexity index is 1070. The third kappa shape index (κ3) is 4.43. The molecule has 0 radical (unpaired) electrons. The highest BCUT2D eigenvalue weighted by atomic mass is 16.6. The lowest BCUT2D eigenvalue weighted by atomic mass is 10.1. The van der Waals surface area contributed by atoms with Gasteiger partial charge in [0.05, 0.1) is 22.9 Å². The molecule has 0 fully saturated rings. The monoisotopic (exact) mass is 394 g/mol. The van der Waals surface area contributed by atoms with Crippen molar-refractivity contribution in [3.8, 4) is 11.4 Å². The predicted octanol–water partition coefficient (Wildman–Crippen LogP) is 4.36. The molecule has 29 heavy (non-hydrogen) atoms.